The lowest BCUT2D eigenvalue weighted by molar-refractivity contribution is 0.272. The van der Waals surface area contributed by atoms with E-state index in [9.17, 15) is 0 Å². The highest BCUT2D eigenvalue weighted by Gasteiger charge is 2.37. The summed E-state index contributed by atoms with van der Waals surface area (Å²) in [5, 5.41) is 5.34. The maximum atomic E-state index is 6.38. The zero-order valence-corrected chi connectivity index (χ0v) is 24.0. The van der Waals surface area contributed by atoms with E-state index < -0.39 is 8.32 Å². The topological polar surface area (TPSA) is 97.3 Å². The third-order valence-electron chi connectivity index (χ3n) is 6.87. The highest BCUT2D eigenvalue weighted by molar-refractivity contribution is 6.74. The van der Waals surface area contributed by atoms with E-state index in [1.807, 2.05) is 36.4 Å². The second kappa shape index (κ2) is 10.7. The molecule has 196 valence electrons. The zero-order valence-electron chi connectivity index (χ0n) is 22.2. The van der Waals surface area contributed by atoms with Gasteiger partial charge in [-0.3, -0.25) is 0 Å². The van der Waals surface area contributed by atoms with Crippen LogP contribution in [0.15, 0.2) is 48.7 Å². The molecule has 0 fully saturated rings. The fraction of sp³-hybridized carbons (Fsp3) is 0.370. The SMILES string of the molecule is COc1ccc(Cn2ncc3c(N)nc(Cl)nc32)cc1COc1cccc(CO[Si](C)(C)C(C)(C)C)c1. The molecular formula is C27H34ClN5O3Si. The molecule has 0 saturated carbocycles. The lowest BCUT2D eigenvalue weighted by Gasteiger charge is -2.36. The van der Waals surface area contributed by atoms with Crippen LogP contribution in [-0.4, -0.2) is 35.2 Å². The second-order valence-corrected chi connectivity index (χ2v) is 15.7. The summed E-state index contributed by atoms with van der Waals surface area (Å²) in [6.07, 6.45) is 1.65. The standard InChI is InChI=1S/C27H34ClN5O3Si/c1-27(2,3)37(5,6)36-16-19-8-7-9-21(13-19)35-17-20-12-18(10-11-23(20)34-4)15-33-25-22(14-30-33)24(29)31-26(28)32-25/h7-14H,15-17H2,1-6H3,(H2,29,31,32). The number of hydrogen-bond donors (Lipinski definition) is 1. The van der Waals surface area contributed by atoms with Crippen LogP contribution in [0.1, 0.15) is 37.5 Å². The van der Waals surface area contributed by atoms with Crippen LogP contribution in [-0.2, 0) is 24.2 Å². The van der Waals surface area contributed by atoms with Crippen molar-refractivity contribution in [2.24, 2.45) is 0 Å². The molecule has 2 aromatic heterocycles. The number of benzene rings is 2. The number of halogens is 1. The van der Waals surface area contributed by atoms with E-state index in [-0.39, 0.29) is 10.3 Å². The molecule has 2 N–H and O–H groups in total. The summed E-state index contributed by atoms with van der Waals surface area (Å²) < 4.78 is 19.9. The van der Waals surface area contributed by atoms with Crippen molar-refractivity contribution in [3.8, 4) is 11.5 Å². The Kier molecular flexibility index (Phi) is 7.77. The molecule has 4 rings (SSSR count). The minimum atomic E-state index is -1.83. The van der Waals surface area contributed by atoms with Gasteiger partial charge in [0, 0.05) is 5.56 Å². The number of aromatic nitrogens is 4. The molecule has 0 saturated heterocycles. The Morgan fingerprint density at radius 3 is 2.54 bits per heavy atom. The van der Waals surface area contributed by atoms with Gasteiger partial charge >= 0.3 is 0 Å². The zero-order chi connectivity index (χ0) is 26.8. The fourth-order valence-electron chi connectivity index (χ4n) is 3.65. The van der Waals surface area contributed by atoms with E-state index in [4.69, 9.17) is 31.2 Å². The van der Waals surface area contributed by atoms with Gasteiger partial charge in [-0.25, -0.2) is 9.67 Å². The molecule has 2 aromatic carbocycles. The Morgan fingerprint density at radius 1 is 1.03 bits per heavy atom. The van der Waals surface area contributed by atoms with Crippen LogP contribution in [0.3, 0.4) is 0 Å². The monoisotopic (exact) mass is 539 g/mol. The Balaban J connectivity index is 1.48. The molecular weight excluding hydrogens is 506 g/mol. The van der Waals surface area contributed by atoms with E-state index in [1.54, 1.807) is 18.0 Å². The first-order valence-electron chi connectivity index (χ1n) is 12.1. The molecule has 2 heterocycles. The quantitative estimate of drug-likeness (QED) is 0.199. The first-order chi connectivity index (χ1) is 17.5. The number of nitrogens with zero attached hydrogens (tertiary/aromatic N) is 4. The largest absolute Gasteiger partial charge is 0.496 e. The minimum absolute atomic E-state index is 0.0903. The third kappa shape index (κ3) is 6.23. The Morgan fingerprint density at radius 2 is 1.81 bits per heavy atom. The summed E-state index contributed by atoms with van der Waals surface area (Å²) in [4.78, 5) is 8.29. The van der Waals surface area contributed by atoms with Gasteiger partial charge in [0.2, 0.25) is 5.28 Å². The van der Waals surface area contributed by atoms with Crippen LogP contribution in [0, 0.1) is 0 Å². The maximum Gasteiger partial charge on any atom is 0.226 e. The molecule has 37 heavy (non-hydrogen) atoms. The third-order valence-corrected chi connectivity index (χ3v) is 11.5. The van der Waals surface area contributed by atoms with Crippen LogP contribution in [0.2, 0.25) is 23.4 Å². The minimum Gasteiger partial charge on any atom is -0.496 e. The van der Waals surface area contributed by atoms with Gasteiger partial charge in [-0.05, 0) is 65.1 Å². The normalized spacial score (nSPS) is 12.2. The van der Waals surface area contributed by atoms with Gasteiger partial charge in [-0.15, -0.1) is 0 Å². The molecule has 0 unspecified atom stereocenters. The summed E-state index contributed by atoms with van der Waals surface area (Å²) in [5.41, 5.74) is 9.57. The molecule has 8 nitrogen and oxygen atoms in total. The first-order valence-corrected chi connectivity index (χ1v) is 15.4. The van der Waals surface area contributed by atoms with Crippen LogP contribution < -0.4 is 15.2 Å². The van der Waals surface area contributed by atoms with Crippen molar-refractivity contribution >= 4 is 36.8 Å². The highest BCUT2D eigenvalue weighted by atomic mass is 35.5. The molecule has 0 atom stereocenters. The first kappa shape index (κ1) is 26.9. The number of methoxy groups -OCH3 is 1. The van der Waals surface area contributed by atoms with Gasteiger partial charge in [0.05, 0.1) is 31.8 Å². The van der Waals surface area contributed by atoms with Crippen molar-refractivity contribution in [2.45, 2.75) is 58.7 Å². The van der Waals surface area contributed by atoms with E-state index in [0.717, 1.165) is 28.2 Å². The summed E-state index contributed by atoms with van der Waals surface area (Å²) in [7, 11) is -0.180. The molecule has 10 heteroatoms. The van der Waals surface area contributed by atoms with Gasteiger partial charge in [0.15, 0.2) is 14.0 Å². The number of hydrogen-bond acceptors (Lipinski definition) is 7. The van der Waals surface area contributed by atoms with E-state index in [1.165, 1.54) is 0 Å². The van der Waals surface area contributed by atoms with E-state index in [0.29, 0.717) is 36.6 Å². The second-order valence-electron chi connectivity index (χ2n) is 10.5. The molecule has 0 aliphatic rings. The predicted molar refractivity (Wildman–Crippen MR) is 150 cm³/mol. The number of rotatable bonds is 9. The average molecular weight is 540 g/mol. The van der Waals surface area contributed by atoms with Gasteiger partial charge < -0.3 is 19.6 Å². The van der Waals surface area contributed by atoms with Crippen molar-refractivity contribution in [3.05, 3.63) is 70.6 Å². The van der Waals surface area contributed by atoms with Crippen molar-refractivity contribution in [2.75, 3.05) is 12.8 Å². The lowest BCUT2D eigenvalue weighted by atomic mass is 10.1. The van der Waals surface area contributed by atoms with Crippen LogP contribution >= 0.6 is 11.6 Å². The summed E-state index contributed by atoms with van der Waals surface area (Å²) >= 11 is 6.01. The smallest absolute Gasteiger partial charge is 0.226 e. The maximum absolute atomic E-state index is 6.38. The van der Waals surface area contributed by atoms with Crippen molar-refractivity contribution in [3.63, 3.8) is 0 Å². The van der Waals surface area contributed by atoms with Gasteiger partial charge in [0.1, 0.15) is 23.9 Å². The van der Waals surface area contributed by atoms with Crippen LogP contribution in [0.25, 0.3) is 11.0 Å². The highest BCUT2D eigenvalue weighted by Crippen LogP contribution is 2.37. The van der Waals surface area contributed by atoms with Crippen LogP contribution in [0.4, 0.5) is 5.82 Å². The van der Waals surface area contributed by atoms with Gasteiger partial charge in [0.25, 0.3) is 0 Å². The number of anilines is 1. The molecule has 0 spiro atoms. The number of ether oxygens (including phenoxy) is 2. The Bertz CT molecular complexity index is 1400. The fourth-order valence-corrected chi connectivity index (χ4v) is 4.78. The average Bonchev–Trinajstić information content (AvgIpc) is 3.24. The van der Waals surface area contributed by atoms with Crippen molar-refractivity contribution in [1.82, 2.24) is 19.7 Å². The number of nitrogens with two attached hydrogens (primary N) is 1. The van der Waals surface area contributed by atoms with E-state index in [2.05, 4.69) is 55.0 Å². The van der Waals surface area contributed by atoms with E-state index >= 15 is 0 Å². The number of nitrogen functional groups attached to an aromatic ring is 1. The molecule has 0 aliphatic carbocycles. The molecule has 0 amide bonds. The van der Waals surface area contributed by atoms with Gasteiger partial charge in [-0.2, -0.15) is 10.1 Å². The number of fused-ring (bicyclic) bond motifs is 1. The molecule has 4 aromatic rings. The van der Waals surface area contributed by atoms with Gasteiger partial charge in [-0.1, -0.05) is 39.0 Å². The van der Waals surface area contributed by atoms with Crippen molar-refractivity contribution < 1.29 is 13.9 Å². The lowest BCUT2D eigenvalue weighted by Crippen LogP contribution is -2.40. The Hall–Kier alpha value is -3.14. The summed E-state index contributed by atoms with van der Waals surface area (Å²) in [6, 6.07) is 14.0. The Labute approximate surface area is 223 Å². The molecule has 0 bridgehead atoms. The summed E-state index contributed by atoms with van der Waals surface area (Å²) in [6.45, 7) is 12.7. The predicted octanol–water partition coefficient (Wildman–Crippen LogP) is 6.22. The van der Waals surface area contributed by atoms with Crippen LogP contribution in [0.5, 0.6) is 11.5 Å². The molecule has 0 aliphatic heterocycles. The molecule has 0 radical (unpaired) electrons. The summed E-state index contributed by atoms with van der Waals surface area (Å²) in [5.74, 6) is 1.84. The van der Waals surface area contributed by atoms with Crippen molar-refractivity contribution in [1.29, 1.82) is 0 Å².